The summed E-state index contributed by atoms with van der Waals surface area (Å²) >= 11 is 0. The van der Waals surface area contributed by atoms with Gasteiger partial charge in [0, 0.05) is 12.6 Å². The summed E-state index contributed by atoms with van der Waals surface area (Å²) in [6.07, 6.45) is 5.64. The molecule has 2 fully saturated rings. The van der Waals surface area contributed by atoms with Crippen LogP contribution in [0.1, 0.15) is 59.8 Å². The Labute approximate surface area is 117 Å². The van der Waals surface area contributed by atoms with Crippen molar-refractivity contribution < 1.29 is 4.79 Å². The standard InChI is InChI=1S/C16H30N2O/c1-15(2)8-13(9-16(3,4)11-15)18-14(19)12-6-5-7-17-10-12/h12-13,17H,5-11H2,1-4H3,(H,18,19)/t12-/m1/s1. The lowest BCUT2D eigenvalue weighted by Gasteiger charge is -2.45. The van der Waals surface area contributed by atoms with Crippen LogP contribution in [-0.4, -0.2) is 25.0 Å². The molecule has 1 heterocycles. The molecule has 1 aliphatic carbocycles. The van der Waals surface area contributed by atoms with E-state index in [1.165, 1.54) is 6.42 Å². The summed E-state index contributed by atoms with van der Waals surface area (Å²) in [5.74, 6) is 0.451. The maximum absolute atomic E-state index is 12.3. The van der Waals surface area contributed by atoms with E-state index < -0.39 is 0 Å². The van der Waals surface area contributed by atoms with Gasteiger partial charge in [-0.05, 0) is 49.5 Å². The fourth-order valence-corrected chi connectivity index (χ4v) is 4.34. The van der Waals surface area contributed by atoms with Gasteiger partial charge in [-0.1, -0.05) is 27.7 Å². The molecule has 2 aliphatic rings. The summed E-state index contributed by atoms with van der Waals surface area (Å²) < 4.78 is 0. The molecule has 2 N–H and O–H groups in total. The average Bonchev–Trinajstić information content (AvgIpc) is 2.25. The predicted molar refractivity (Wildman–Crippen MR) is 78.9 cm³/mol. The van der Waals surface area contributed by atoms with Crippen LogP contribution >= 0.6 is 0 Å². The molecule has 1 atom stereocenters. The van der Waals surface area contributed by atoms with Crippen LogP contribution in [0.15, 0.2) is 0 Å². The molecule has 0 unspecified atom stereocenters. The van der Waals surface area contributed by atoms with Crippen molar-refractivity contribution in [3.05, 3.63) is 0 Å². The van der Waals surface area contributed by atoms with E-state index >= 15 is 0 Å². The Morgan fingerprint density at radius 1 is 1.16 bits per heavy atom. The first-order valence-corrected chi connectivity index (χ1v) is 7.79. The van der Waals surface area contributed by atoms with Crippen LogP contribution in [-0.2, 0) is 4.79 Å². The number of hydrogen-bond donors (Lipinski definition) is 2. The van der Waals surface area contributed by atoms with E-state index in [-0.39, 0.29) is 11.8 Å². The lowest BCUT2D eigenvalue weighted by atomic mass is 9.63. The van der Waals surface area contributed by atoms with Gasteiger partial charge in [-0.15, -0.1) is 0 Å². The van der Waals surface area contributed by atoms with Gasteiger partial charge in [0.1, 0.15) is 0 Å². The van der Waals surface area contributed by atoms with Crippen molar-refractivity contribution in [3.8, 4) is 0 Å². The third kappa shape index (κ3) is 4.20. The van der Waals surface area contributed by atoms with Gasteiger partial charge in [-0.2, -0.15) is 0 Å². The molecular formula is C16H30N2O. The fourth-order valence-electron chi connectivity index (χ4n) is 4.34. The van der Waals surface area contributed by atoms with E-state index in [1.54, 1.807) is 0 Å². The van der Waals surface area contributed by atoms with Gasteiger partial charge in [0.15, 0.2) is 0 Å². The molecule has 3 heteroatoms. The molecule has 0 bridgehead atoms. The average molecular weight is 266 g/mol. The molecule has 1 aliphatic heterocycles. The molecule has 0 aromatic heterocycles. The number of carbonyl (C=O) groups is 1. The van der Waals surface area contributed by atoms with Crippen LogP contribution in [0, 0.1) is 16.7 Å². The van der Waals surface area contributed by atoms with Gasteiger partial charge >= 0.3 is 0 Å². The van der Waals surface area contributed by atoms with Crippen LogP contribution < -0.4 is 10.6 Å². The highest BCUT2D eigenvalue weighted by Crippen LogP contribution is 2.45. The molecule has 1 saturated carbocycles. The molecule has 1 saturated heterocycles. The molecule has 19 heavy (non-hydrogen) atoms. The maximum atomic E-state index is 12.3. The lowest BCUT2D eigenvalue weighted by Crippen LogP contribution is -2.49. The highest BCUT2D eigenvalue weighted by atomic mass is 16.2. The topological polar surface area (TPSA) is 41.1 Å². The van der Waals surface area contributed by atoms with Crippen molar-refractivity contribution in [1.82, 2.24) is 10.6 Å². The van der Waals surface area contributed by atoms with Crippen molar-refractivity contribution in [2.24, 2.45) is 16.7 Å². The Kier molecular flexibility index (Phi) is 4.24. The molecule has 0 aromatic rings. The monoisotopic (exact) mass is 266 g/mol. The molecule has 3 nitrogen and oxygen atoms in total. The summed E-state index contributed by atoms with van der Waals surface area (Å²) in [6, 6.07) is 0.355. The van der Waals surface area contributed by atoms with Crippen molar-refractivity contribution in [2.45, 2.75) is 65.8 Å². The minimum atomic E-state index is 0.182. The number of piperidine rings is 1. The van der Waals surface area contributed by atoms with E-state index in [4.69, 9.17) is 0 Å². The highest BCUT2D eigenvalue weighted by molar-refractivity contribution is 5.79. The van der Waals surface area contributed by atoms with Crippen molar-refractivity contribution >= 4 is 5.91 Å². The number of carbonyl (C=O) groups excluding carboxylic acids is 1. The Bertz CT molecular complexity index is 314. The predicted octanol–water partition coefficient (Wildman–Crippen LogP) is 2.71. The van der Waals surface area contributed by atoms with Gasteiger partial charge in [0.25, 0.3) is 0 Å². The Morgan fingerprint density at radius 2 is 1.79 bits per heavy atom. The maximum Gasteiger partial charge on any atom is 0.224 e. The molecule has 0 radical (unpaired) electrons. The number of nitrogens with one attached hydrogen (secondary N) is 2. The van der Waals surface area contributed by atoms with Crippen LogP contribution in [0.2, 0.25) is 0 Å². The van der Waals surface area contributed by atoms with Crippen LogP contribution in [0.5, 0.6) is 0 Å². The van der Waals surface area contributed by atoms with Crippen LogP contribution in [0.3, 0.4) is 0 Å². The number of amides is 1. The smallest absolute Gasteiger partial charge is 0.224 e. The highest BCUT2D eigenvalue weighted by Gasteiger charge is 2.39. The zero-order chi connectivity index (χ0) is 14.1. The Morgan fingerprint density at radius 3 is 2.32 bits per heavy atom. The second kappa shape index (κ2) is 5.43. The molecular weight excluding hydrogens is 236 g/mol. The first kappa shape index (κ1) is 14.8. The zero-order valence-electron chi connectivity index (χ0n) is 13.0. The second-order valence-electron chi connectivity index (χ2n) is 8.16. The Balaban J connectivity index is 1.92. The molecule has 0 aromatic carbocycles. The molecule has 2 rings (SSSR count). The lowest BCUT2D eigenvalue weighted by molar-refractivity contribution is -0.127. The first-order chi connectivity index (χ1) is 8.77. The van der Waals surface area contributed by atoms with Gasteiger partial charge < -0.3 is 10.6 Å². The number of rotatable bonds is 2. The van der Waals surface area contributed by atoms with Gasteiger partial charge in [-0.25, -0.2) is 0 Å². The van der Waals surface area contributed by atoms with E-state index in [9.17, 15) is 4.79 Å². The van der Waals surface area contributed by atoms with Crippen molar-refractivity contribution in [3.63, 3.8) is 0 Å². The first-order valence-electron chi connectivity index (χ1n) is 7.79. The van der Waals surface area contributed by atoms with Crippen LogP contribution in [0.4, 0.5) is 0 Å². The van der Waals surface area contributed by atoms with Crippen molar-refractivity contribution in [1.29, 1.82) is 0 Å². The summed E-state index contributed by atoms with van der Waals surface area (Å²) in [4.78, 5) is 12.3. The van der Waals surface area contributed by atoms with E-state index in [2.05, 4.69) is 38.3 Å². The molecule has 110 valence electrons. The molecule has 0 spiro atoms. The van der Waals surface area contributed by atoms with E-state index in [1.807, 2.05) is 0 Å². The summed E-state index contributed by atoms with van der Waals surface area (Å²) in [6.45, 7) is 11.2. The quantitative estimate of drug-likeness (QED) is 0.807. The third-order valence-electron chi connectivity index (χ3n) is 4.57. The van der Waals surface area contributed by atoms with E-state index in [0.29, 0.717) is 16.9 Å². The fraction of sp³-hybridized carbons (Fsp3) is 0.938. The van der Waals surface area contributed by atoms with E-state index in [0.717, 1.165) is 38.8 Å². The van der Waals surface area contributed by atoms with Gasteiger partial charge in [0.05, 0.1) is 5.92 Å². The van der Waals surface area contributed by atoms with Crippen LogP contribution in [0.25, 0.3) is 0 Å². The van der Waals surface area contributed by atoms with Crippen molar-refractivity contribution in [2.75, 3.05) is 13.1 Å². The normalized spacial score (nSPS) is 30.8. The number of hydrogen-bond acceptors (Lipinski definition) is 2. The largest absolute Gasteiger partial charge is 0.353 e. The summed E-state index contributed by atoms with van der Waals surface area (Å²) in [5.41, 5.74) is 0.676. The molecule has 1 amide bonds. The summed E-state index contributed by atoms with van der Waals surface area (Å²) in [5, 5.41) is 6.65. The summed E-state index contributed by atoms with van der Waals surface area (Å²) in [7, 11) is 0. The minimum absolute atomic E-state index is 0.182. The second-order valence-corrected chi connectivity index (χ2v) is 8.16. The zero-order valence-corrected chi connectivity index (χ0v) is 13.0. The van der Waals surface area contributed by atoms with Gasteiger partial charge in [0.2, 0.25) is 5.91 Å². The Hall–Kier alpha value is -0.570. The third-order valence-corrected chi connectivity index (χ3v) is 4.57. The van der Waals surface area contributed by atoms with Gasteiger partial charge in [-0.3, -0.25) is 4.79 Å². The SMILES string of the molecule is CC1(C)CC(NC(=O)[C@@H]2CCCNC2)CC(C)(C)C1. The minimum Gasteiger partial charge on any atom is -0.353 e.